The summed E-state index contributed by atoms with van der Waals surface area (Å²) in [6.07, 6.45) is 1.18. The number of nitrogens with zero attached hydrogens (tertiary/aromatic N) is 2. The molecule has 3 aromatic rings. The first-order valence-electron chi connectivity index (χ1n) is 5.97. The Balaban J connectivity index is 2.18. The molecule has 0 aliphatic carbocycles. The monoisotopic (exact) mass is 253 g/mol. The number of fused-ring (bicyclic) bond motifs is 1. The molecule has 0 radical (unpaired) electrons. The van der Waals surface area contributed by atoms with Crippen LogP contribution in [0.3, 0.4) is 0 Å². The Morgan fingerprint density at radius 3 is 2.63 bits per heavy atom. The summed E-state index contributed by atoms with van der Waals surface area (Å²) in [5.41, 5.74) is 1.06. The maximum Gasteiger partial charge on any atom is 0.223 e. The fourth-order valence-electron chi connectivity index (χ4n) is 2.03. The van der Waals surface area contributed by atoms with Gasteiger partial charge in [0.25, 0.3) is 0 Å². The summed E-state index contributed by atoms with van der Waals surface area (Å²) in [4.78, 5) is 8.02. The molecule has 0 fully saturated rings. The standard InChI is InChI=1S/C15H12FN3/c1-17-15-18-9-13(16)14(19-15)12-7-6-10-4-2-3-5-11(10)8-12/h2-9H,1H3,(H,17,18,19). The fraction of sp³-hybridized carbons (Fsp3) is 0.0667. The number of rotatable bonds is 2. The summed E-state index contributed by atoms with van der Waals surface area (Å²) in [7, 11) is 1.71. The molecule has 1 N–H and O–H groups in total. The number of hydrogen-bond acceptors (Lipinski definition) is 3. The Bertz CT molecular complexity index is 740. The van der Waals surface area contributed by atoms with E-state index in [1.165, 1.54) is 6.20 Å². The van der Waals surface area contributed by atoms with Gasteiger partial charge in [-0.3, -0.25) is 0 Å². The van der Waals surface area contributed by atoms with Crippen molar-refractivity contribution in [2.75, 3.05) is 12.4 Å². The zero-order valence-electron chi connectivity index (χ0n) is 10.4. The zero-order chi connectivity index (χ0) is 13.2. The molecule has 3 nitrogen and oxygen atoms in total. The molecule has 0 bridgehead atoms. The number of benzene rings is 2. The largest absolute Gasteiger partial charge is 0.357 e. The third kappa shape index (κ3) is 2.12. The van der Waals surface area contributed by atoms with Crippen LogP contribution in [-0.2, 0) is 0 Å². The molecule has 0 aliphatic heterocycles. The van der Waals surface area contributed by atoms with Crippen LogP contribution in [0.2, 0.25) is 0 Å². The molecule has 0 atom stereocenters. The minimum atomic E-state index is -0.422. The summed E-state index contributed by atoms with van der Waals surface area (Å²) in [6.45, 7) is 0. The number of aromatic nitrogens is 2. The van der Waals surface area contributed by atoms with Crippen molar-refractivity contribution >= 4 is 16.7 Å². The molecule has 94 valence electrons. The smallest absolute Gasteiger partial charge is 0.223 e. The van der Waals surface area contributed by atoms with E-state index >= 15 is 0 Å². The minimum absolute atomic E-state index is 0.310. The van der Waals surface area contributed by atoms with Gasteiger partial charge in [0, 0.05) is 12.6 Å². The number of hydrogen-bond donors (Lipinski definition) is 1. The third-order valence-electron chi connectivity index (χ3n) is 2.99. The van der Waals surface area contributed by atoms with Crippen molar-refractivity contribution in [1.82, 2.24) is 9.97 Å². The Labute approximate surface area is 110 Å². The van der Waals surface area contributed by atoms with Gasteiger partial charge in [-0.15, -0.1) is 0 Å². The quantitative estimate of drug-likeness (QED) is 0.759. The first kappa shape index (κ1) is 11.6. The normalized spacial score (nSPS) is 10.6. The Morgan fingerprint density at radius 2 is 1.84 bits per heavy atom. The maximum atomic E-state index is 13.8. The van der Waals surface area contributed by atoms with Gasteiger partial charge in [0.2, 0.25) is 5.95 Å². The van der Waals surface area contributed by atoms with E-state index in [4.69, 9.17) is 0 Å². The van der Waals surface area contributed by atoms with E-state index in [1.54, 1.807) is 7.05 Å². The van der Waals surface area contributed by atoms with Crippen molar-refractivity contribution in [3.05, 3.63) is 54.5 Å². The van der Waals surface area contributed by atoms with E-state index in [0.717, 1.165) is 16.3 Å². The lowest BCUT2D eigenvalue weighted by molar-refractivity contribution is 0.619. The Morgan fingerprint density at radius 1 is 1.05 bits per heavy atom. The molecule has 4 heteroatoms. The second-order valence-corrected chi connectivity index (χ2v) is 4.20. The van der Waals surface area contributed by atoms with Gasteiger partial charge in [0.05, 0.1) is 6.20 Å². The first-order chi connectivity index (χ1) is 9.28. The van der Waals surface area contributed by atoms with Crippen LogP contribution in [0.15, 0.2) is 48.7 Å². The van der Waals surface area contributed by atoms with Crippen molar-refractivity contribution in [1.29, 1.82) is 0 Å². The second-order valence-electron chi connectivity index (χ2n) is 4.20. The topological polar surface area (TPSA) is 37.8 Å². The van der Waals surface area contributed by atoms with Crippen molar-refractivity contribution in [2.45, 2.75) is 0 Å². The van der Waals surface area contributed by atoms with Gasteiger partial charge in [-0.2, -0.15) is 0 Å². The van der Waals surface area contributed by atoms with E-state index in [2.05, 4.69) is 15.3 Å². The van der Waals surface area contributed by atoms with E-state index in [0.29, 0.717) is 11.6 Å². The number of nitrogens with one attached hydrogen (secondary N) is 1. The van der Waals surface area contributed by atoms with Crippen LogP contribution in [0.4, 0.5) is 10.3 Å². The lowest BCUT2D eigenvalue weighted by Gasteiger charge is -2.06. The SMILES string of the molecule is CNc1ncc(F)c(-c2ccc3ccccc3c2)n1. The van der Waals surface area contributed by atoms with Gasteiger partial charge in [0.15, 0.2) is 5.82 Å². The summed E-state index contributed by atoms with van der Waals surface area (Å²) in [5, 5.41) is 4.99. The summed E-state index contributed by atoms with van der Waals surface area (Å²) < 4.78 is 13.8. The average Bonchev–Trinajstić information content (AvgIpc) is 2.47. The van der Waals surface area contributed by atoms with Gasteiger partial charge >= 0.3 is 0 Å². The predicted molar refractivity (Wildman–Crippen MR) is 74.5 cm³/mol. The maximum absolute atomic E-state index is 13.8. The molecule has 2 aromatic carbocycles. The predicted octanol–water partition coefficient (Wildman–Crippen LogP) is 3.48. The van der Waals surface area contributed by atoms with E-state index < -0.39 is 5.82 Å². The highest BCUT2D eigenvalue weighted by atomic mass is 19.1. The minimum Gasteiger partial charge on any atom is -0.357 e. The summed E-state index contributed by atoms with van der Waals surface area (Å²) >= 11 is 0. The highest BCUT2D eigenvalue weighted by Crippen LogP contribution is 2.25. The van der Waals surface area contributed by atoms with Crippen molar-refractivity contribution in [3.8, 4) is 11.3 Å². The fourth-order valence-corrected chi connectivity index (χ4v) is 2.03. The van der Waals surface area contributed by atoms with E-state index in [1.807, 2.05) is 42.5 Å². The van der Waals surface area contributed by atoms with Crippen LogP contribution in [0.25, 0.3) is 22.0 Å². The molecule has 1 heterocycles. The highest BCUT2D eigenvalue weighted by molar-refractivity contribution is 5.86. The zero-order valence-corrected chi connectivity index (χ0v) is 10.4. The van der Waals surface area contributed by atoms with Gasteiger partial charge in [0.1, 0.15) is 5.69 Å². The lowest BCUT2D eigenvalue weighted by Crippen LogP contribution is -1.99. The molecule has 3 rings (SSSR count). The van der Waals surface area contributed by atoms with Crippen LogP contribution in [0, 0.1) is 5.82 Å². The Hall–Kier alpha value is -2.49. The molecule has 0 aliphatic rings. The van der Waals surface area contributed by atoms with Crippen molar-refractivity contribution in [2.24, 2.45) is 0 Å². The molecular formula is C15H12FN3. The lowest BCUT2D eigenvalue weighted by atomic mass is 10.0. The van der Waals surface area contributed by atoms with E-state index in [-0.39, 0.29) is 0 Å². The molecule has 0 saturated carbocycles. The van der Waals surface area contributed by atoms with Crippen LogP contribution < -0.4 is 5.32 Å². The van der Waals surface area contributed by atoms with E-state index in [9.17, 15) is 4.39 Å². The number of halogens is 1. The van der Waals surface area contributed by atoms with Crippen LogP contribution >= 0.6 is 0 Å². The van der Waals surface area contributed by atoms with Crippen LogP contribution in [0.1, 0.15) is 0 Å². The average molecular weight is 253 g/mol. The second kappa shape index (κ2) is 4.65. The van der Waals surface area contributed by atoms with Crippen molar-refractivity contribution < 1.29 is 4.39 Å². The van der Waals surface area contributed by atoms with Gasteiger partial charge in [-0.05, 0) is 16.8 Å². The highest BCUT2D eigenvalue weighted by Gasteiger charge is 2.09. The first-order valence-corrected chi connectivity index (χ1v) is 5.97. The van der Waals surface area contributed by atoms with Gasteiger partial charge < -0.3 is 5.32 Å². The summed E-state index contributed by atoms with van der Waals surface area (Å²) in [6, 6.07) is 13.7. The Kier molecular flexibility index (Phi) is 2.83. The van der Waals surface area contributed by atoms with Crippen molar-refractivity contribution in [3.63, 3.8) is 0 Å². The van der Waals surface area contributed by atoms with Crippen LogP contribution in [0.5, 0.6) is 0 Å². The molecule has 0 unspecified atom stereocenters. The molecule has 0 saturated heterocycles. The van der Waals surface area contributed by atoms with Gasteiger partial charge in [-0.25, -0.2) is 14.4 Å². The molecule has 1 aromatic heterocycles. The molecule has 0 spiro atoms. The molecular weight excluding hydrogens is 241 g/mol. The van der Waals surface area contributed by atoms with Crippen LogP contribution in [-0.4, -0.2) is 17.0 Å². The third-order valence-corrected chi connectivity index (χ3v) is 2.99. The summed E-state index contributed by atoms with van der Waals surface area (Å²) in [5.74, 6) is -0.0150. The molecule has 19 heavy (non-hydrogen) atoms. The van der Waals surface area contributed by atoms with Gasteiger partial charge in [-0.1, -0.05) is 36.4 Å². The number of anilines is 1. The molecule has 0 amide bonds.